The molecule has 166 valence electrons. The maximum atomic E-state index is 12.6. The van der Waals surface area contributed by atoms with Gasteiger partial charge < -0.3 is 15.5 Å². The van der Waals surface area contributed by atoms with Gasteiger partial charge in [-0.2, -0.15) is 0 Å². The predicted octanol–water partition coefficient (Wildman–Crippen LogP) is 2.78. The van der Waals surface area contributed by atoms with Gasteiger partial charge >= 0.3 is 0 Å². The lowest BCUT2D eigenvalue weighted by Gasteiger charge is -2.35. The first kappa shape index (κ1) is 22.6. The van der Waals surface area contributed by atoms with Gasteiger partial charge in [-0.15, -0.1) is 0 Å². The highest BCUT2D eigenvalue weighted by atomic mass is 16.2. The van der Waals surface area contributed by atoms with Crippen molar-refractivity contribution in [3.05, 3.63) is 35.4 Å². The highest BCUT2D eigenvalue weighted by Gasteiger charge is 2.21. The Morgan fingerprint density at radius 1 is 1.13 bits per heavy atom. The van der Waals surface area contributed by atoms with E-state index in [0.29, 0.717) is 6.42 Å². The summed E-state index contributed by atoms with van der Waals surface area (Å²) in [5, 5.41) is 6.78. The Labute approximate surface area is 182 Å². The molecule has 0 bridgehead atoms. The fourth-order valence-electron chi connectivity index (χ4n) is 4.67. The zero-order valence-electron chi connectivity index (χ0n) is 18.8. The number of nitrogens with zero attached hydrogens (tertiary/aromatic N) is 3. The van der Waals surface area contributed by atoms with Crippen molar-refractivity contribution in [1.82, 2.24) is 20.4 Å². The summed E-state index contributed by atoms with van der Waals surface area (Å²) in [6.45, 7) is 7.83. The standard InChI is InChI=1S/C24H39N5O/c1-3-22-11-6-7-16-28(22)18-15-27-24(25-2)26-14-8-12-23(30)29-17-13-20-9-4-5-10-21(20)19-29/h4-5,9-10,22H,3,6-8,11-19H2,1-2H3,(H2,25,26,27). The first-order valence-electron chi connectivity index (χ1n) is 11.7. The summed E-state index contributed by atoms with van der Waals surface area (Å²) in [5.41, 5.74) is 2.67. The molecule has 2 heterocycles. The number of amides is 1. The summed E-state index contributed by atoms with van der Waals surface area (Å²) in [7, 11) is 1.81. The van der Waals surface area contributed by atoms with Crippen LogP contribution in [0.1, 0.15) is 56.6 Å². The molecule has 6 heteroatoms. The number of likely N-dealkylation sites (tertiary alicyclic amines) is 1. The summed E-state index contributed by atoms with van der Waals surface area (Å²) in [6.07, 6.45) is 7.63. The summed E-state index contributed by atoms with van der Waals surface area (Å²) >= 11 is 0. The van der Waals surface area contributed by atoms with Gasteiger partial charge in [-0.3, -0.25) is 14.7 Å². The largest absolute Gasteiger partial charge is 0.356 e. The minimum atomic E-state index is 0.255. The van der Waals surface area contributed by atoms with Gasteiger partial charge in [0.15, 0.2) is 5.96 Å². The number of rotatable bonds is 8. The smallest absolute Gasteiger partial charge is 0.222 e. The third kappa shape index (κ3) is 6.46. The van der Waals surface area contributed by atoms with E-state index in [1.54, 1.807) is 7.05 Å². The van der Waals surface area contributed by atoms with Crippen molar-refractivity contribution in [3.8, 4) is 0 Å². The van der Waals surface area contributed by atoms with Crippen LogP contribution in [0.15, 0.2) is 29.3 Å². The summed E-state index contributed by atoms with van der Waals surface area (Å²) in [6, 6.07) is 9.19. The molecule has 2 N–H and O–H groups in total. The van der Waals surface area contributed by atoms with E-state index >= 15 is 0 Å². The van der Waals surface area contributed by atoms with Gasteiger partial charge in [-0.25, -0.2) is 0 Å². The lowest BCUT2D eigenvalue weighted by atomic mass is 9.99. The van der Waals surface area contributed by atoms with Crippen LogP contribution in [0, 0.1) is 0 Å². The number of hydrogen-bond donors (Lipinski definition) is 2. The van der Waals surface area contributed by atoms with Gasteiger partial charge in [0.1, 0.15) is 0 Å². The van der Waals surface area contributed by atoms with Gasteiger partial charge in [0.05, 0.1) is 0 Å². The highest BCUT2D eigenvalue weighted by Crippen LogP contribution is 2.19. The molecule has 1 unspecified atom stereocenters. The van der Waals surface area contributed by atoms with Crippen molar-refractivity contribution in [2.45, 2.75) is 64.5 Å². The minimum Gasteiger partial charge on any atom is -0.356 e. The molecule has 0 saturated carbocycles. The number of nitrogens with one attached hydrogen (secondary N) is 2. The van der Waals surface area contributed by atoms with E-state index < -0.39 is 0 Å². The summed E-state index contributed by atoms with van der Waals surface area (Å²) < 4.78 is 0. The quantitative estimate of drug-likeness (QED) is 0.391. The summed E-state index contributed by atoms with van der Waals surface area (Å²) in [4.78, 5) is 21.5. The highest BCUT2D eigenvalue weighted by molar-refractivity contribution is 5.80. The fourth-order valence-corrected chi connectivity index (χ4v) is 4.67. The van der Waals surface area contributed by atoms with Crippen LogP contribution in [0.2, 0.25) is 0 Å². The van der Waals surface area contributed by atoms with Gasteiger partial charge in [0.2, 0.25) is 5.91 Å². The van der Waals surface area contributed by atoms with Gasteiger partial charge in [0.25, 0.3) is 0 Å². The molecule has 3 rings (SSSR count). The topological polar surface area (TPSA) is 60.0 Å². The maximum Gasteiger partial charge on any atom is 0.222 e. The SMILES string of the molecule is CCC1CCCCN1CCNC(=NC)NCCCC(=O)N1CCc2ccccc2C1. The van der Waals surface area contributed by atoms with Crippen LogP contribution < -0.4 is 10.6 Å². The molecule has 30 heavy (non-hydrogen) atoms. The number of fused-ring (bicyclic) bond motifs is 1. The van der Waals surface area contributed by atoms with Crippen molar-refractivity contribution in [3.63, 3.8) is 0 Å². The molecular weight excluding hydrogens is 374 g/mol. The molecule has 2 aliphatic heterocycles. The maximum absolute atomic E-state index is 12.6. The average molecular weight is 414 g/mol. The number of carbonyl (C=O) groups is 1. The molecule has 1 aromatic carbocycles. The van der Waals surface area contributed by atoms with Crippen molar-refractivity contribution in [1.29, 1.82) is 0 Å². The van der Waals surface area contributed by atoms with Crippen LogP contribution in [0.25, 0.3) is 0 Å². The van der Waals surface area contributed by atoms with E-state index in [9.17, 15) is 4.79 Å². The van der Waals surface area contributed by atoms with Crippen LogP contribution in [0.3, 0.4) is 0 Å². The molecule has 1 aromatic rings. The van der Waals surface area contributed by atoms with E-state index in [-0.39, 0.29) is 5.91 Å². The third-order valence-corrected chi connectivity index (χ3v) is 6.48. The fraction of sp³-hybridized carbons (Fsp3) is 0.667. The molecular formula is C24H39N5O. The Hall–Kier alpha value is -2.08. The van der Waals surface area contributed by atoms with E-state index in [0.717, 1.165) is 57.6 Å². The Balaban J connectivity index is 1.31. The number of piperidine rings is 1. The Morgan fingerprint density at radius 2 is 1.93 bits per heavy atom. The van der Waals surface area contributed by atoms with E-state index in [1.165, 1.54) is 43.4 Å². The van der Waals surface area contributed by atoms with Gasteiger partial charge in [-0.05, 0) is 49.8 Å². The van der Waals surface area contributed by atoms with Gasteiger partial charge in [-0.1, -0.05) is 37.6 Å². The van der Waals surface area contributed by atoms with Crippen molar-refractivity contribution < 1.29 is 4.79 Å². The lowest BCUT2D eigenvalue weighted by Crippen LogP contribution is -2.46. The lowest BCUT2D eigenvalue weighted by molar-refractivity contribution is -0.132. The summed E-state index contributed by atoms with van der Waals surface area (Å²) in [5.74, 6) is 1.09. The molecule has 6 nitrogen and oxygen atoms in total. The average Bonchev–Trinajstić information content (AvgIpc) is 2.80. The molecule has 1 fully saturated rings. The number of guanidine groups is 1. The molecule has 0 aliphatic carbocycles. The molecule has 2 aliphatic rings. The normalized spacial score (nSPS) is 20.0. The molecule has 0 aromatic heterocycles. The van der Waals surface area contributed by atoms with E-state index in [2.05, 4.69) is 51.7 Å². The van der Waals surface area contributed by atoms with E-state index in [4.69, 9.17) is 0 Å². The number of hydrogen-bond acceptors (Lipinski definition) is 3. The Morgan fingerprint density at radius 3 is 2.73 bits per heavy atom. The second-order valence-electron chi connectivity index (χ2n) is 8.46. The van der Waals surface area contributed by atoms with Crippen molar-refractivity contribution in [2.24, 2.45) is 4.99 Å². The number of benzene rings is 1. The molecule has 0 spiro atoms. The Kier molecular flexibility index (Phi) is 9.00. The first-order chi connectivity index (χ1) is 14.7. The van der Waals surface area contributed by atoms with E-state index in [1.807, 2.05) is 4.90 Å². The van der Waals surface area contributed by atoms with Crippen LogP contribution in [0.4, 0.5) is 0 Å². The second kappa shape index (κ2) is 11.9. The zero-order valence-corrected chi connectivity index (χ0v) is 18.8. The first-order valence-corrected chi connectivity index (χ1v) is 11.7. The number of aliphatic imine (C=N–C) groups is 1. The Bertz CT molecular complexity index is 705. The number of carbonyl (C=O) groups excluding carboxylic acids is 1. The predicted molar refractivity (Wildman–Crippen MR) is 124 cm³/mol. The molecule has 1 saturated heterocycles. The van der Waals surface area contributed by atoms with Gasteiger partial charge in [0, 0.05) is 52.2 Å². The minimum absolute atomic E-state index is 0.255. The third-order valence-electron chi connectivity index (χ3n) is 6.48. The monoisotopic (exact) mass is 413 g/mol. The second-order valence-corrected chi connectivity index (χ2v) is 8.46. The zero-order chi connectivity index (χ0) is 21.2. The van der Waals surface area contributed by atoms with Crippen LogP contribution in [-0.2, 0) is 17.8 Å². The van der Waals surface area contributed by atoms with Crippen LogP contribution >= 0.6 is 0 Å². The molecule has 1 amide bonds. The molecule has 1 atom stereocenters. The van der Waals surface area contributed by atoms with Crippen molar-refractivity contribution in [2.75, 3.05) is 39.8 Å². The van der Waals surface area contributed by atoms with Crippen LogP contribution in [-0.4, -0.2) is 67.5 Å². The van der Waals surface area contributed by atoms with Crippen LogP contribution in [0.5, 0.6) is 0 Å². The van der Waals surface area contributed by atoms with Crippen molar-refractivity contribution >= 4 is 11.9 Å². The molecule has 0 radical (unpaired) electrons.